The highest BCUT2D eigenvalue weighted by Crippen LogP contribution is 2.38. The van der Waals surface area contributed by atoms with Gasteiger partial charge in [-0.1, -0.05) is 12.1 Å². The van der Waals surface area contributed by atoms with Crippen LogP contribution in [0.15, 0.2) is 56.7 Å². The lowest BCUT2D eigenvalue weighted by atomic mass is 10.3. The van der Waals surface area contributed by atoms with Gasteiger partial charge in [-0.05, 0) is 46.3 Å². The van der Waals surface area contributed by atoms with Gasteiger partial charge in [0, 0.05) is 27.4 Å². The summed E-state index contributed by atoms with van der Waals surface area (Å²) in [6.07, 6.45) is 0. The average Bonchev–Trinajstić information content (AvgIpc) is 2.49. The Morgan fingerprint density at radius 2 is 1.95 bits per heavy atom. The van der Waals surface area contributed by atoms with E-state index in [0.29, 0.717) is 16.7 Å². The van der Waals surface area contributed by atoms with Crippen molar-refractivity contribution in [3.8, 4) is 0 Å². The van der Waals surface area contributed by atoms with Crippen molar-refractivity contribution in [2.45, 2.75) is 9.79 Å². The molecule has 2 aromatic rings. The highest BCUT2D eigenvalue weighted by Gasteiger charge is 2.30. The standard InChI is InChI=1S/C14H13BrN2O2S2/c15-11-6-5-10(16)9-14(11)21(18,19)17-7-8-20-13-4-2-1-3-12(13)17/h1-6,9H,7-8,16H2. The summed E-state index contributed by atoms with van der Waals surface area (Å²) in [5, 5.41) is 0. The Morgan fingerprint density at radius 1 is 1.19 bits per heavy atom. The second-order valence-corrected chi connectivity index (χ2v) is 8.41. The Morgan fingerprint density at radius 3 is 2.76 bits per heavy atom. The first-order valence-electron chi connectivity index (χ1n) is 6.30. The Kier molecular flexibility index (Phi) is 3.90. The van der Waals surface area contributed by atoms with Gasteiger partial charge >= 0.3 is 0 Å². The number of rotatable bonds is 2. The molecule has 1 heterocycles. The van der Waals surface area contributed by atoms with Crippen LogP contribution < -0.4 is 10.0 Å². The SMILES string of the molecule is Nc1ccc(Br)c(S(=O)(=O)N2CCSc3ccccc32)c1. The van der Waals surface area contributed by atoms with Crippen molar-refractivity contribution >= 4 is 49.1 Å². The van der Waals surface area contributed by atoms with Gasteiger partial charge in [-0.3, -0.25) is 4.31 Å². The number of para-hydroxylation sites is 1. The summed E-state index contributed by atoms with van der Waals surface area (Å²) >= 11 is 4.97. The van der Waals surface area contributed by atoms with E-state index in [1.54, 1.807) is 23.9 Å². The maximum atomic E-state index is 13.0. The normalized spacial score (nSPS) is 14.8. The minimum Gasteiger partial charge on any atom is -0.399 e. The zero-order valence-corrected chi connectivity index (χ0v) is 14.2. The van der Waals surface area contributed by atoms with Crippen LogP contribution in [0, 0.1) is 0 Å². The summed E-state index contributed by atoms with van der Waals surface area (Å²) in [6.45, 7) is 0.450. The van der Waals surface area contributed by atoms with E-state index in [2.05, 4.69) is 15.9 Å². The average molecular weight is 385 g/mol. The Balaban J connectivity index is 2.14. The largest absolute Gasteiger partial charge is 0.399 e. The smallest absolute Gasteiger partial charge is 0.265 e. The fraction of sp³-hybridized carbons (Fsp3) is 0.143. The molecule has 4 nitrogen and oxygen atoms in total. The summed E-state index contributed by atoms with van der Waals surface area (Å²) in [5.41, 5.74) is 6.89. The first kappa shape index (κ1) is 14.7. The van der Waals surface area contributed by atoms with E-state index >= 15 is 0 Å². The molecule has 0 fully saturated rings. The van der Waals surface area contributed by atoms with Crippen LogP contribution in [0.2, 0.25) is 0 Å². The van der Waals surface area contributed by atoms with Gasteiger partial charge in [0.1, 0.15) is 4.90 Å². The molecule has 0 radical (unpaired) electrons. The second kappa shape index (κ2) is 5.55. The van der Waals surface area contributed by atoms with Crippen LogP contribution in [0.5, 0.6) is 0 Å². The molecule has 7 heteroatoms. The van der Waals surface area contributed by atoms with Crippen LogP contribution in [-0.2, 0) is 10.0 Å². The fourth-order valence-electron chi connectivity index (χ4n) is 2.23. The molecule has 1 aliphatic heterocycles. The monoisotopic (exact) mass is 384 g/mol. The molecule has 0 atom stereocenters. The number of halogens is 1. The maximum Gasteiger partial charge on any atom is 0.265 e. The zero-order chi connectivity index (χ0) is 15.0. The van der Waals surface area contributed by atoms with E-state index in [1.165, 1.54) is 10.4 Å². The number of sulfonamides is 1. The molecule has 0 saturated carbocycles. The van der Waals surface area contributed by atoms with Crippen LogP contribution in [-0.4, -0.2) is 20.7 Å². The first-order valence-corrected chi connectivity index (χ1v) is 9.51. The maximum absolute atomic E-state index is 13.0. The van der Waals surface area contributed by atoms with Gasteiger partial charge in [-0.15, -0.1) is 11.8 Å². The van der Waals surface area contributed by atoms with E-state index in [-0.39, 0.29) is 4.90 Å². The summed E-state index contributed by atoms with van der Waals surface area (Å²) in [5.74, 6) is 0.732. The third kappa shape index (κ3) is 2.65. The van der Waals surface area contributed by atoms with Crippen LogP contribution in [0.4, 0.5) is 11.4 Å². The minimum absolute atomic E-state index is 0.198. The summed E-state index contributed by atoms with van der Waals surface area (Å²) < 4.78 is 27.9. The second-order valence-electron chi connectivity index (χ2n) is 4.58. The van der Waals surface area contributed by atoms with Crippen molar-refractivity contribution in [3.05, 3.63) is 46.9 Å². The summed E-state index contributed by atoms with van der Waals surface area (Å²) in [4.78, 5) is 1.18. The van der Waals surface area contributed by atoms with E-state index < -0.39 is 10.0 Å². The zero-order valence-electron chi connectivity index (χ0n) is 11.0. The van der Waals surface area contributed by atoms with Crippen molar-refractivity contribution in [2.75, 3.05) is 22.3 Å². The van der Waals surface area contributed by atoms with Crippen molar-refractivity contribution in [1.82, 2.24) is 0 Å². The number of nitrogens with zero attached hydrogens (tertiary/aromatic N) is 1. The molecular weight excluding hydrogens is 372 g/mol. The Hall–Kier alpha value is -1.18. The van der Waals surface area contributed by atoms with E-state index in [4.69, 9.17) is 5.73 Å². The number of benzene rings is 2. The lowest BCUT2D eigenvalue weighted by Crippen LogP contribution is -2.35. The number of hydrogen-bond donors (Lipinski definition) is 1. The van der Waals surface area contributed by atoms with Crippen molar-refractivity contribution in [3.63, 3.8) is 0 Å². The van der Waals surface area contributed by atoms with Gasteiger partial charge in [0.2, 0.25) is 0 Å². The number of hydrogen-bond acceptors (Lipinski definition) is 4. The van der Waals surface area contributed by atoms with Crippen molar-refractivity contribution < 1.29 is 8.42 Å². The van der Waals surface area contributed by atoms with Crippen molar-refractivity contribution in [2.24, 2.45) is 0 Å². The molecule has 0 amide bonds. The molecule has 21 heavy (non-hydrogen) atoms. The van der Waals surface area contributed by atoms with Crippen LogP contribution in [0.3, 0.4) is 0 Å². The van der Waals surface area contributed by atoms with Crippen LogP contribution in [0.1, 0.15) is 0 Å². The highest BCUT2D eigenvalue weighted by molar-refractivity contribution is 9.10. The highest BCUT2D eigenvalue weighted by atomic mass is 79.9. The van der Waals surface area contributed by atoms with Crippen molar-refractivity contribution in [1.29, 1.82) is 0 Å². The van der Waals surface area contributed by atoms with Gasteiger partial charge in [0.25, 0.3) is 10.0 Å². The molecule has 0 aromatic heterocycles. The third-order valence-electron chi connectivity index (χ3n) is 3.21. The van der Waals surface area contributed by atoms with E-state index in [0.717, 1.165) is 16.3 Å². The predicted octanol–water partition coefficient (Wildman–Crippen LogP) is 3.33. The fourth-order valence-corrected chi connectivity index (χ4v) is 5.85. The quantitative estimate of drug-likeness (QED) is 0.806. The molecule has 3 rings (SSSR count). The van der Waals surface area contributed by atoms with Gasteiger partial charge < -0.3 is 5.73 Å². The summed E-state index contributed by atoms with van der Waals surface area (Å²) in [7, 11) is -3.64. The molecule has 2 aromatic carbocycles. The number of fused-ring (bicyclic) bond motifs is 1. The van der Waals surface area contributed by atoms with Crippen LogP contribution >= 0.6 is 27.7 Å². The Labute approximate surface area is 136 Å². The lowest BCUT2D eigenvalue weighted by Gasteiger charge is -2.30. The number of nitrogens with two attached hydrogens (primary N) is 1. The molecular formula is C14H13BrN2O2S2. The molecule has 1 aliphatic rings. The topological polar surface area (TPSA) is 63.4 Å². The Bertz CT molecular complexity index is 793. The van der Waals surface area contributed by atoms with Gasteiger partial charge in [-0.25, -0.2) is 8.42 Å². The summed E-state index contributed by atoms with van der Waals surface area (Å²) in [6, 6.07) is 12.4. The lowest BCUT2D eigenvalue weighted by molar-refractivity contribution is 0.591. The van der Waals surface area contributed by atoms with Gasteiger partial charge in [-0.2, -0.15) is 0 Å². The number of thioether (sulfide) groups is 1. The number of anilines is 2. The molecule has 0 saturated heterocycles. The predicted molar refractivity (Wildman–Crippen MR) is 90.3 cm³/mol. The van der Waals surface area contributed by atoms with E-state index in [1.807, 2.05) is 24.3 Å². The first-order chi connectivity index (χ1) is 10.00. The molecule has 2 N–H and O–H groups in total. The van der Waals surface area contributed by atoms with Gasteiger partial charge in [0.15, 0.2) is 0 Å². The molecule has 0 unspecified atom stereocenters. The molecule has 110 valence electrons. The van der Waals surface area contributed by atoms with Gasteiger partial charge in [0.05, 0.1) is 5.69 Å². The molecule has 0 bridgehead atoms. The molecule has 0 spiro atoms. The number of nitrogen functional groups attached to an aromatic ring is 1. The van der Waals surface area contributed by atoms with E-state index in [9.17, 15) is 8.42 Å². The third-order valence-corrected chi connectivity index (χ3v) is 7.06. The van der Waals surface area contributed by atoms with Crippen LogP contribution in [0.25, 0.3) is 0 Å². The molecule has 0 aliphatic carbocycles. The minimum atomic E-state index is -3.64.